The van der Waals surface area contributed by atoms with Gasteiger partial charge >= 0.3 is 0 Å². The molecule has 0 N–H and O–H groups in total. The Kier molecular flexibility index (Phi) is 3.79. The minimum Gasteiger partial charge on any atom is -0.296 e. The summed E-state index contributed by atoms with van der Waals surface area (Å²) in [5.74, 6) is 0.447. The van der Waals surface area contributed by atoms with E-state index in [9.17, 15) is 4.79 Å². The monoisotopic (exact) mass is 257 g/mol. The molecule has 1 aromatic carbocycles. The molecule has 0 aliphatic rings. The normalized spacial score (nSPS) is 11.0. The average Bonchev–Trinajstić information content (AvgIpc) is 2.75. The Morgan fingerprint density at radius 3 is 2.58 bits per heavy atom. The summed E-state index contributed by atoms with van der Waals surface area (Å²) in [6.45, 7) is 8.38. The number of carbonyl (C=O) groups excluding carboxylic acids is 1. The number of carbonyl (C=O) groups is 1. The Labute approximate surface area is 113 Å². The third-order valence-corrected chi connectivity index (χ3v) is 3.24. The molecule has 0 saturated carbocycles. The van der Waals surface area contributed by atoms with Crippen molar-refractivity contribution < 1.29 is 4.79 Å². The lowest BCUT2D eigenvalue weighted by Crippen LogP contribution is -2.07. The molecule has 0 atom stereocenters. The number of aldehydes is 1. The molecule has 100 valence electrons. The molecular formula is C15H19N3O. The molecule has 0 radical (unpaired) electrons. The number of aromatic nitrogens is 3. The van der Waals surface area contributed by atoms with E-state index in [-0.39, 0.29) is 0 Å². The van der Waals surface area contributed by atoms with Crippen molar-refractivity contribution in [2.75, 3.05) is 0 Å². The Morgan fingerprint density at radius 1 is 1.26 bits per heavy atom. The van der Waals surface area contributed by atoms with Crippen molar-refractivity contribution in [3.63, 3.8) is 0 Å². The van der Waals surface area contributed by atoms with Gasteiger partial charge in [0.25, 0.3) is 0 Å². The molecule has 0 saturated heterocycles. The Bertz CT molecular complexity index is 599. The highest BCUT2D eigenvalue weighted by Gasteiger charge is 2.15. The van der Waals surface area contributed by atoms with Crippen LogP contribution in [0.3, 0.4) is 0 Å². The first-order chi connectivity index (χ1) is 9.02. The second-order valence-electron chi connectivity index (χ2n) is 5.32. The van der Waals surface area contributed by atoms with Crippen LogP contribution in [0.4, 0.5) is 0 Å². The van der Waals surface area contributed by atoms with Gasteiger partial charge in [0, 0.05) is 0 Å². The predicted octanol–water partition coefficient (Wildman–Crippen LogP) is 2.90. The Morgan fingerprint density at radius 2 is 2.00 bits per heavy atom. The lowest BCUT2D eigenvalue weighted by atomic mass is 10.1. The van der Waals surface area contributed by atoms with E-state index in [0.29, 0.717) is 11.6 Å². The van der Waals surface area contributed by atoms with Crippen molar-refractivity contribution in [1.82, 2.24) is 15.0 Å². The molecule has 4 nitrogen and oxygen atoms in total. The molecule has 0 amide bonds. The first-order valence-electron chi connectivity index (χ1n) is 6.50. The van der Waals surface area contributed by atoms with Gasteiger partial charge in [0.1, 0.15) is 5.69 Å². The fraction of sp³-hybridized carbons (Fsp3) is 0.400. The van der Waals surface area contributed by atoms with Gasteiger partial charge in [-0.2, -0.15) is 0 Å². The van der Waals surface area contributed by atoms with E-state index in [4.69, 9.17) is 0 Å². The van der Waals surface area contributed by atoms with Gasteiger partial charge in [-0.15, -0.1) is 5.10 Å². The molecule has 2 aromatic rings. The van der Waals surface area contributed by atoms with Crippen LogP contribution in [-0.4, -0.2) is 21.3 Å². The standard InChI is InChI=1S/C15H19N3O/c1-10(2)7-15-14(9-19)16-17-18(15)13-6-5-11(3)12(4)8-13/h5-6,8-10H,7H2,1-4H3. The highest BCUT2D eigenvalue weighted by atomic mass is 16.1. The number of nitrogens with zero attached hydrogens (tertiary/aromatic N) is 3. The molecule has 0 aliphatic carbocycles. The maximum Gasteiger partial charge on any atom is 0.172 e. The third-order valence-electron chi connectivity index (χ3n) is 3.24. The number of hydrogen-bond acceptors (Lipinski definition) is 3. The van der Waals surface area contributed by atoms with Crippen molar-refractivity contribution in [3.05, 3.63) is 40.7 Å². The third kappa shape index (κ3) is 2.72. The molecular weight excluding hydrogens is 238 g/mol. The predicted molar refractivity (Wildman–Crippen MR) is 74.8 cm³/mol. The van der Waals surface area contributed by atoms with E-state index in [2.05, 4.69) is 50.1 Å². The fourth-order valence-corrected chi connectivity index (χ4v) is 2.05. The highest BCUT2D eigenvalue weighted by molar-refractivity contribution is 5.73. The summed E-state index contributed by atoms with van der Waals surface area (Å²) in [5.41, 5.74) is 4.72. The van der Waals surface area contributed by atoms with Crippen LogP contribution in [0.2, 0.25) is 0 Å². The lowest BCUT2D eigenvalue weighted by Gasteiger charge is -2.10. The van der Waals surface area contributed by atoms with Gasteiger partial charge in [-0.3, -0.25) is 4.79 Å². The summed E-state index contributed by atoms with van der Waals surface area (Å²) in [5, 5.41) is 8.08. The van der Waals surface area contributed by atoms with Gasteiger partial charge in [0.05, 0.1) is 11.4 Å². The Hall–Kier alpha value is -1.97. The van der Waals surface area contributed by atoms with Crippen LogP contribution < -0.4 is 0 Å². The number of aryl methyl sites for hydroxylation is 2. The van der Waals surface area contributed by atoms with E-state index in [0.717, 1.165) is 24.1 Å². The summed E-state index contributed by atoms with van der Waals surface area (Å²) in [6.07, 6.45) is 1.57. The smallest absolute Gasteiger partial charge is 0.172 e. The van der Waals surface area contributed by atoms with E-state index in [1.807, 2.05) is 6.07 Å². The first-order valence-corrected chi connectivity index (χ1v) is 6.50. The largest absolute Gasteiger partial charge is 0.296 e. The SMILES string of the molecule is Cc1ccc(-n2nnc(C=O)c2CC(C)C)cc1C. The fourth-order valence-electron chi connectivity index (χ4n) is 2.05. The molecule has 0 bridgehead atoms. The molecule has 1 heterocycles. The van der Waals surface area contributed by atoms with Crippen LogP contribution in [0.5, 0.6) is 0 Å². The summed E-state index contributed by atoms with van der Waals surface area (Å²) < 4.78 is 1.77. The van der Waals surface area contributed by atoms with E-state index < -0.39 is 0 Å². The van der Waals surface area contributed by atoms with Crippen LogP contribution in [-0.2, 0) is 6.42 Å². The van der Waals surface area contributed by atoms with Crippen LogP contribution in [0, 0.1) is 19.8 Å². The zero-order chi connectivity index (χ0) is 14.0. The van der Waals surface area contributed by atoms with Gasteiger partial charge in [-0.1, -0.05) is 25.1 Å². The molecule has 4 heteroatoms. The van der Waals surface area contributed by atoms with Gasteiger partial charge < -0.3 is 0 Å². The van der Waals surface area contributed by atoms with E-state index >= 15 is 0 Å². The molecule has 2 rings (SSSR count). The Balaban J connectivity index is 2.51. The molecule has 0 spiro atoms. The lowest BCUT2D eigenvalue weighted by molar-refractivity contribution is 0.111. The zero-order valence-corrected chi connectivity index (χ0v) is 11.8. The van der Waals surface area contributed by atoms with Crippen LogP contribution in [0.1, 0.15) is 41.2 Å². The van der Waals surface area contributed by atoms with Crippen molar-refractivity contribution in [1.29, 1.82) is 0 Å². The minimum atomic E-state index is 0.437. The number of rotatable bonds is 4. The van der Waals surface area contributed by atoms with E-state index in [1.54, 1.807) is 4.68 Å². The zero-order valence-electron chi connectivity index (χ0n) is 11.8. The number of hydrogen-bond donors (Lipinski definition) is 0. The maximum absolute atomic E-state index is 11.1. The quantitative estimate of drug-likeness (QED) is 0.791. The second-order valence-corrected chi connectivity index (χ2v) is 5.32. The molecule has 19 heavy (non-hydrogen) atoms. The van der Waals surface area contributed by atoms with Gasteiger partial charge in [-0.25, -0.2) is 4.68 Å². The molecule has 0 aliphatic heterocycles. The summed E-state index contributed by atoms with van der Waals surface area (Å²) in [4.78, 5) is 11.1. The minimum absolute atomic E-state index is 0.437. The molecule has 0 fully saturated rings. The first kappa shape index (κ1) is 13.5. The van der Waals surface area contributed by atoms with Crippen LogP contribution >= 0.6 is 0 Å². The van der Waals surface area contributed by atoms with Crippen molar-refractivity contribution >= 4 is 6.29 Å². The summed E-state index contributed by atoms with van der Waals surface area (Å²) in [6, 6.07) is 6.14. The molecule has 1 aromatic heterocycles. The van der Waals surface area contributed by atoms with Crippen molar-refractivity contribution in [2.45, 2.75) is 34.1 Å². The topological polar surface area (TPSA) is 47.8 Å². The molecule has 0 unspecified atom stereocenters. The number of benzene rings is 1. The van der Waals surface area contributed by atoms with Gasteiger partial charge in [0.2, 0.25) is 0 Å². The second kappa shape index (κ2) is 5.34. The van der Waals surface area contributed by atoms with Gasteiger partial charge in [0.15, 0.2) is 6.29 Å². The van der Waals surface area contributed by atoms with Crippen LogP contribution in [0.25, 0.3) is 5.69 Å². The summed E-state index contributed by atoms with van der Waals surface area (Å²) in [7, 11) is 0. The van der Waals surface area contributed by atoms with Crippen molar-refractivity contribution in [2.24, 2.45) is 5.92 Å². The van der Waals surface area contributed by atoms with Crippen molar-refractivity contribution in [3.8, 4) is 5.69 Å². The highest BCUT2D eigenvalue weighted by Crippen LogP contribution is 2.18. The van der Waals surface area contributed by atoms with Crippen LogP contribution in [0.15, 0.2) is 18.2 Å². The van der Waals surface area contributed by atoms with Gasteiger partial charge in [-0.05, 0) is 49.4 Å². The maximum atomic E-state index is 11.1. The summed E-state index contributed by atoms with van der Waals surface area (Å²) >= 11 is 0. The van der Waals surface area contributed by atoms with E-state index in [1.165, 1.54) is 11.1 Å². The average molecular weight is 257 g/mol.